The van der Waals surface area contributed by atoms with Crippen LogP contribution in [-0.2, 0) is 14.3 Å². The fourth-order valence-corrected chi connectivity index (χ4v) is 3.85. The van der Waals surface area contributed by atoms with Crippen molar-refractivity contribution in [2.45, 2.75) is 46.1 Å². The first-order valence-electron chi connectivity index (χ1n) is 11.2. The van der Waals surface area contributed by atoms with Gasteiger partial charge in [-0.1, -0.05) is 76.2 Å². The second kappa shape index (κ2) is 10.1. The molecule has 0 radical (unpaired) electrons. The van der Waals surface area contributed by atoms with Gasteiger partial charge in [0.2, 0.25) is 5.91 Å². The van der Waals surface area contributed by atoms with E-state index in [1.807, 2.05) is 55.5 Å². The van der Waals surface area contributed by atoms with Crippen molar-refractivity contribution in [3.63, 3.8) is 0 Å². The van der Waals surface area contributed by atoms with Gasteiger partial charge in [0.1, 0.15) is 12.6 Å². The molecular weight excluding hydrogens is 420 g/mol. The van der Waals surface area contributed by atoms with Crippen LogP contribution in [0.25, 0.3) is 11.1 Å². The zero-order chi connectivity index (χ0) is 24.2. The van der Waals surface area contributed by atoms with Gasteiger partial charge in [-0.3, -0.25) is 9.59 Å². The van der Waals surface area contributed by atoms with Gasteiger partial charge in [-0.25, -0.2) is 4.79 Å². The van der Waals surface area contributed by atoms with Crippen LogP contribution in [-0.4, -0.2) is 42.3 Å². The fraction of sp³-hybridized carbons (Fsp3) is 0.423. The van der Waals surface area contributed by atoms with Gasteiger partial charge in [0.25, 0.3) is 0 Å². The SMILES string of the molecule is CC(CNC(=O)C(CC(=O)O)NC(=O)OCC1c2ccccc2-c2ccccc21)C(C)(C)C. The third-order valence-corrected chi connectivity index (χ3v) is 6.39. The van der Waals surface area contributed by atoms with Gasteiger partial charge in [-0.15, -0.1) is 0 Å². The fourth-order valence-electron chi connectivity index (χ4n) is 3.85. The molecule has 2 aromatic rings. The number of carboxylic acid groups (broad SMARTS) is 1. The van der Waals surface area contributed by atoms with Gasteiger partial charge in [-0.05, 0) is 33.6 Å². The van der Waals surface area contributed by atoms with Crippen molar-refractivity contribution in [1.29, 1.82) is 0 Å². The number of carbonyl (C=O) groups excluding carboxylic acids is 2. The van der Waals surface area contributed by atoms with Crippen LogP contribution in [0.4, 0.5) is 4.79 Å². The summed E-state index contributed by atoms with van der Waals surface area (Å²) in [6.45, 7) is 8.66. The Morgan fingerprint density at radius 3 is 2.06 bits per heavy atom. The maximum Gasteiger partial charge on any atom is 0.407 e. The van der Waals surface area contributed by atoms with E-state index >= 15 is 0 Å². The first kappa shape index (κ1) is 24.3. The predicted octanol–water partition coefficient (Wildman–Crippen LogP) is 4.17. The lowest BCUT2D eigenvalue weighted by molar-refractivity contribution is -0.139. The molecule has 1 aliphatic rings. The average Bonchev–Trinajstić information content (AvgIpc) is 3.08. The number of ether oxygens (including phenoxy) is 1. The second-order valence-electron chi connectivity index (χ2n) is 9.63. The number of hydrogen-bond donors (Lipinski definition) is 3. The van der Waals surface area contributed by atoms with Crippen molar-refractivity contribution in [2.24, 2.45) is 11.3 Å². The van der Waals surface area contributed by atoms with Gasteiger partial charge >= 0.3 is 12.1 Å². The van der Waals surface area contributed by atoms with E-state index in [4.69, 9.17) is 4.74 Å². The second-order valence-corrected chi connectivity index (χ2v) is 9.63. The van der Waals surface area contributed by atoms with Crippen molar-refractivity contribution in [2.75, 3.05) is 13.2 Å². The molecule has 33 heavy (non-hydrogen) atoms. The van der Waals surface area contributed by atoms with Crippen molar-refractivity contribution in [3.05, 3.63) is 59.7 Å². The number of carbonyl (C=O) groups is 3. The predicted molar refractivity (Wildman–Crippen MR) is 126 cm³/mol. The minimum atomic E-state index is -1.22. The number of benzene rings is 2. The standard InChI is InChI=1S/C26H32N2O5/c1-16(26(2,3)4)14-27-24(31)22(13-23(29)30)28-25(32)33-15-21-19-11-7-5-9-17(19)18-10-6-8-12-20(18)21/h5-12,16,21-22H,13-15H2,1-4H3,(H,27,31)(H,28,32)(H,29,30). The molecule has 0 heterocycles. The van der Waals surface area contributed by atoms with Crippen molar-refractivity contribution < 1.29 is 24.2 Å². The summed E-state index contributed by atoms with van der Waals surface area (Å²) in [5.74, 6) is -1.68. The van der Waals surface area contributed by atoms with Crippen LogP contribution in [0.2, 0.25) is 0 Å². The molecule has 0 aliphatic heterocycles. The molecule has 1 aliphatic carbocycles. The number of fused-ring (bicyclic) bond motifs is 3. The Morgan fingerprint density at radius 2 is 1.55 bits per heavy atom. The lowest BCUT2D eigenvalue weighted by Crippen LogP contribution is -2.49. The topological polar surface area (TPSA) is 105 Å². The first-order chi connectivity index (χ1) is 15.6. The lowest BCUT2D eigenvalue weighted by Gasteiger charge is -2.28. The Kier molecular flexibility index (Phi) is 7.41. The third-order valence-electron chi connectivity index (χ3n) is 6.39. The monoisotopic (exact) mass is 452 g/mol. The van der Waals surface area contributed by atoms with Crippen LogP contribution in [0.3, 0.4) is 0 Å². The summed E-state index contributed by atoms with van der Waals surface area (Å²) >= 11 is 0. The van der Waals surface area contributed by atoms with Crippen LogP contribution in [0.1, 0.15) is 51.2 Å². The van der Waals surface area contributed by atoms with Crippen LogP contribution in [0, 0.1) is 11.3 Å². The molecule has 0 fully saturated rings. The molecule has 2 amide bonds. The highest BCUT2D eigenvalue weighted by atomic mass is 16.5. The summed E-state index contributed by atoms with van der Waals surface area (Å²) in [7, 11) is 0. The molecule has 2 atom stereocenters. The molecule has 0 bridgehead atoms. The van der Waals surface area contributed by atoms with Gasteiger partial charge in [0.15, 0.2) is 0 Å². The highest BCUT2D eigenvalue weighted by Gasteiger charge is 2.30. The molecule has 7 nitrogen and oxygen atoms in total. The molecule has 2 aromatic carbocycles. The highest BCUT2D eigenvalue weighted by Crippen LogP contribution is 2.44. The minimum absolute atomic E-state index is 0.0181. The molecule has 0 aromatic heterocycles. The highest BCUT2D eigenvalue weighted by molar-refractivity contribution is 5.89. The molecule has 7 heteroatoms. The zero-order valence-corrected chi connectivity index (χ0v) is 19.6. The zero-order valence-electron chi connectivity index (χ0n) is 19.6. The van der Waals surface area contributed by atoms with Crippen LogP contribution in [0.15, 0.2) is 48.5 Å². The van der Waals surface area contributed by atoms with Crippen molar-refractivity contribution in [1.82, 2.24) is 10.6 Å². The Bertz CT molecular complexity index is 982. The van der Waals surface area contributed by atoms with E-state index < -0.39 is 30.4 Å². The molecule has 2 unspecified atom stereocenters. The Balaban J connectivity index is 1.63. The number of alkyl carbamates (subject to hydrolysis) is 1. The van der Waals surface area contributed by atoms with Crippen molar-refractivity contribution >= 4 is 18.0 Å². The maximum atomic E-state index is 12.6. The number of rotatable bonds is 8. The molecule has 0 spiro atoms. The molecule has 0 saturated carbocycles. The average molecular weight is 453 g/mol. The van der Waals surface area contributed by atoms with E-state index in [1.165, 1.54) is 0 Å². The maximum absolute atomic E-state index is 12.6. The summed E-state index contributed by atoms with van der Waals surface area (Å²) in [5.41, 5.74) is 4.34. The van der Waals surface area contributed by atoms with Gasteiger partial charge in [-0.2, -0.15) is 0 Å². The van der Waals surface area contributed by atoms with E-state index in [2.05, 4.69) is 31.4 Å². The molecule has 0 saturated heterocycles. The largest absolute Gasteiger partial charge is 0.481 e. The number of carboxylic acids is 1. The smallest absolute Gasteiger partial charge is 0.407 e. The van der Waals surface area contributed by atoms with Gasteiger partial charge < -0.3 is 20.5 Å². The number of hydrogen-bond acceptors (Lipinski definition) is 4. The van der Waals surface area contributed by atoms with Crippen LogP contribution in [0.5, 0.6) is 0 Å². The Labute approximate surface area is 194 Å². The normalized spacial score (nSPS) is 14.5. The summed E-state index contributed by atoms with van der Waals surface area (Å²) < 4.78 is 5.46. The lowest BCUT2D eigenvalue weighted by atomic mass is 9.82. The minimum Gasteiger partial charge on any atom is -0.481 e. The van der Waals surface area contributed by atoms with Crippen LogP contribution < -0.4 is 10.6 Å². The Morgan fingerprint density at radius 1 is 1.00 bits per heavy atom. The number of amides is 2. The summed E-state index contributed by atoms with van der Waals surface area (Å²) in [6, 6.07) is 14.7. The first-order valence-corrected chi connectivity index (χ1v) is 11.2. The molecule has 176 valence electrons. The molecule has 3 rings (SSSR count). The summed E-state index contributed by atoms with van der Waals surface area (Å²) in [6.07, 6.45) is -1.35. The van der Waals surface area contributed by atoms with Crippen molar-refractivity contribution in [3.8, 4) is 11.1 Å². The number of aliphatic carboxylic acids is 1. The van der Waals surface area contributed by atoms with Gasteiger partial charge in [0, 0.05) is 12.5 Å². The third kappa shape index (κ3) is 5.92. The van der Waals surface area contributed by atoms with Crippen LogP contribution >= 0.6 is 0 Å². The van der Waals surface area contributed by atoms with E-state index in [1.54, 1.807) is 0 Å². The molecule has 3 N–H and O–H groups in total. The summed E-state index contributed by atoms with van der Waals surface area (Å²) in [5, 5.41) is 14.4. The number of nitrogens with one attached hydrogen (secondary N) is 2. The van der Waals surface area contributed by atoms with E-state index in [-0.39, 0.29) is 23.9 Å². The molecular formula is C26H32N2O5. The van der Waals surface area contributed by atoms with E-state index in [0.717, 1.165) is 22.3 Å². The van der Waals surface area contributed by atoms with E-state index in [0.29, 0.717) is 6.54 Å². The van der Waals surface area contributed by atoms with Gasteiger partial charge in [0.05, 0.1) is 6.42 Å². The quantitative estimate of drug-likeness (QED) is 0.558. The Hall–Kier alpha value is -3.35. The van der Waals surface area contributed by atoms with E-state index in [9.17, 15) is 19.5 Å². The summed E-state index contributed by atoms with van der Waals surface area (Å²) in [4.78, 5) is 36.4.